The van der Waals surface area contributed by atoms with Gasteiger partial charge < -0.3 is 15.4 Å². The van der Waals surface area contributed by atoms with E-state index in [1.807, 2.05) is 30.5 Å². The van der Waals surface area contributed by atoms with Gasteiger partial charge in [0.15, 0.2) is 0 Å². The number of carboxylic acid groups (broad SMARTS) is 1. The second kappa shape index (κ2) is 8.04. The molecule has 2 heterocycles. The lowest BCUT2D eigenvalue weighted by Gasteiger charge is -2.06. The molecule has 3 N–H and O–H groups in total. The number of thiocarbonyl (C=S) groups is 1. The maximum Gasteiger partial charge on any atom is 0.432 e. The van der Waals surface area contributed by atoms with Gasteiger partial charge in [0.25, 0.3) is 0 Å². The molecule has 0 atom stereocenters. The van der Waals surface area contributed by atoms with Crippen LogP contribution in [0.5, 0.6) is 0 Å². The lowest BCUT2D eigenvalue weighted by Crippen LogP contribution is -2.21. The Balaban J connectivity index is 1.35. The number of benzene rings is 2. The Morgan fingerprint density at radius 2 is 1.93 bits per heavy atom. The highest BCUT2D eigenvalue weighted by atomic mass is 32.2. The van der Waals surface area contributed by atoms with Crippen LogP contribution in [-0.2, 0) is 12.2 Å². The molecule has 0 aliphatic heterocycles. The molecule has 6 nitrogen and oxygen atoms in total. The van der Waals surface area contributed by atoms with Gasteiger partial charge in [0.2, 0.25) is 0 Å². The van der Waals surface area contributed by atoms with Gasteiger partial charge in [0, 0.05) is 34.8 Å². The lowest BCUT2D eigenvalue weighted by atomic mass is 10.1. The van der Waals surface area contributed by atoms with Crippen LogP contribution in [0, 0.1) is 0 Å². The Bertz CT molecular complexity index is 1170. The molecule has 2 aromatic carbocycles. The quantitative estimate of drug-likeness (QED) is 0.423. The first-order valence-corrected chi connectivity index (χ1v) is 10.2. The number of nitrogens with zero attached hydrogens (tertiary/aromatic N) is 2. The van der Waals surface area contributed by atoms with Crippen LogP contribution in [0.4, 0.5) is 4.79 Å². The summed E-state index contributed by atoms with van der Waals surface area (Å²) >= 11 is 6.87. The monoisotopic (exact) mass is 410 g/mol. The number of nitrogens with one attached hydrogen (secondary N) is 2. The van der Waals surface area contributed by atoms with E-state index in [1.165, 1.54) is 22.7 Å². The minimum atomic E-state index is -1.09. The van der Waals surface area contributed by atoms with Crippen LogP contribution in [0.15, 0.2) is 54.7 Å². The maximum absolute atomic E-state index is 11.4. The first-order valence-electron chi connectivity index (χ1n) is 8.79. The average molecular weight is 411 g/mol. The first-order chi connectivity index (χ1) is 13.6. The summed E-state index contributed by atoms with van der Waals surface area (Å²) in [6, 6.07) is 15.5. The average Bonchev–Trinajstić information content (AvgIpc) is 3.28. The summed E-state index contributed by atoms with van der Waals surface area (Å²) in [6.45, 7) is 0.734. The molecule has 8 heteroatoms. The smallest absolute Gasteiger partial charge is 0.432 e. The van der Waals surface area contributed by atoms with E-state index in [-0.39, 0.29) is 0 Å². The molecule has 0 aliphatic rings. The van der Waals surface area contributed by atoms with Crippen LogP contribution in [0.1, 0.15) is 11.3 Å². The topological polar surface area (TPSA) is 82.9 Å². The van der Waals surface area contributed by atoms with Gasteiger partial charge in [0.1, 0.15) is 4.32 Å². The zero-order valence-electron chi connectivity index (χ0n) is 14.9. The summed E-state index contributed by atoms with van der Waals surface area (Å²) in [7, 11) is 0. The Kier molecular flexibility index (Phi) is 5.31. The summed E-state index contributed by atoms with van der Waals surface area (Å²) in [6.07, 6.45) is 1.81. The van der Waals surface area contributed by atoms with Crippen LogP contribution in [0.2, 0.25) is 0 Å². The van der Waals surface area contributed by atoms with Gasteiger partial charge in [-0.05, 0) is 24.1 Å². The standard InChI is InChI=1S/C20H18N4O2S2/c25-20(26)24-18-8-4-2-6-15(18)17(23-24)12-28-19(27)21-10-9-13-11-22-16-7-3-1-5-14(13)16/h1-8,11,22H,9-10,12H2,(H,21,27)(H,25,26). The summed E-state index contributed by atoms with van der Waals surface area (Å²) in [4.78, 5) is 14.6. The Morgan fingerprint density at radius 3 is 2.75 bits per heavy atom. The molecule has 4 aromatic rings. The molecule has 0 bridgehead atoms. The largest absolute Gasteiger partial charge is 0.463 e. The lowest BCUT2D eigenvalue weighted by molar-refractivity contribution is 0.194. The number of thioether (sulfide) groups is 1. The molecule has 0 spiro atoms. The number of rotatable bonds is 5. The number of aromatic nitrogens is 3. The van der Waals surface area contributed by atoms with Crippen molar-refractivity contribution in [3.63, 3.8) is 0 Å². The Hall–Kier alpha value is -2.84. The highest BCUT2D eigenvalue weighted by molar-refractivity contribution is 8.22. The SMILES string of the molecule is O=C(O)n1nc(CSC(=S)NCCc2c[nH]c3ccccc23)c2ccccc21. The zero-order chi connectivity index (χ0) is 19.5. The summed E-state index contributed by atoms with van der Waals surface area (Å²) in [5, 5.41) is 18.9. The van der Waals surface area contributed by atoms with Crippen molar-refractivity contribution in [1.82, 2.24) is 20.1 Å². The highest BCUT2D eigenvalue weighted by Crippen LogP contribution is 2.23. The Morgan fingerprint density at radius 1 is 1.18 bits per heavy atom. The van der Waals surface area contributed by atoms with Gasteiger partial charge in [0.05, 0.1) is 11.2 Å². The van der Waals surface area contributed by atoms with Crippen LogP contribution < -0.4 is 5.32 Å². The number of hydrogen-bond acceptors (Lipinski definition) is 4. The molecule has 2 aromatic heterocycles. The maximum atomic E-state index is 11.4. The second-order valence-electron chi connectivity index (χ2n) is 6.27. The van der Waals surface area contributed by atoms with Crippen molar-refractivity contribution in [3.8, 4) is 0 Å². The fourth-order valence-corrected chi connectivity index (χ4v) is 4.17. The van der Waals surface area contributed by atoms with Crippen LogP contribution >= 0.6 is 24.0 Å². The van der Waals surface area contributed by atoms with E-state index in [0.717, 1.165) is 28.6 Å². The van der Waals surface area contributed by atoms with Gasteiger partial charge in [-0.15, -0.1) is 0 Å². The number of aromatic amines is 1. The molecule has 0 saturated heterocycles. The normalized spacial score (nSPS) is 11.1. The van der Waals surface area contributed by atoms with Crippen molar-refractivity contribution in [2.24, 2.45) is 0 Å². The molecule has 0 aliphatic carbocycles. The van der Waals surface area contributed by atoms with E-state index in [2.05, 4.69) is 27.5 Å². The number of H-pyrrole nitrogens is 1. The van der Waals surface area contributed by atoms with E-state index < -0.39 is 6.09 Å². The van der Waals surface area contributed by atoms with Gasteiger partial charge >= 0.3 is 6.09 Å². The van der Waals surface area contributed by atoms with Crippen LogP contribution in [-0.4, -0.2) is 36.8 Å². The molecule has 0 fully saturated rings. The van der Waals surface area contributed by atoms with E-state index in [0.29, 0.717) is 21.3 Å². The molecule has 0 amide bonds. The summed E-state index contributed by atoms with van der Waals surface area (Å²) in [5.74, 6) is 0.514. The molecule has 0 saturated carbocycles. The Labute approximate surface area is 170 Å². The summed E-state index contributed by atoms with van der Waals surface area (Å²) < 4.78 is 1.69. The predicted octanol–water partition coefficient (Wildman–Crippen LogP) is 4.39. The van der Waals surface area contributed by atoms with E-state index in [4.69, 9.17) is 12.2 Å². The third-order valence-electron chi connectivity index (χ3n) is 4.52. The number of carbonyl (C=O) groups is 1. The molecule has 0 unspecified atom stereocenters. The predicted molar refractivity (Wildman–Crippen MR) is 117 cm³/mol. The third-order valence-corrected chi connectivity index (χ3v) is 5.85. The van der Waals surface area contributed by atoms with E-state index in [1.54, 1.807) is 12.1 Å². The van der Waals surface area contributed by atoms with Gasteiger partial charge in [-0.1, -0.05) is 60.4 Å². The fraction of sp³-hybridized carbons (Fsp3) is 0.150. The second-order valence-corrected chi connectivity index (χ2v) is 7.92. The minimum Gasteiger partial charge on any atom is -0.463 e. The molecular weight excluding hydrogens is 392 g/mol. The number of para-hydroxylation sites is 2. The van der Waals surface area contributed by atoms with Crippen molar-refractivity contribution in [2.75, 3.05) is 6.54 Å². The van der Waals surface area contributed by atoms with Crippen LogP contribution in [0.25, 0.3) is 21.8 Å². The van der Waals surface area contributed by atoms with Crippen molar-refractivity contribution >= 4 is 56.2 Å². The van der Waals surface area contributed by atoms with Gasteiger partial charge in [-0.25, -0.2) is 4.79 Å². The van der Waals surface area contributed by atoms with Crippen molar-refractivity contribution in [1.29, 1.82) is 0 Å². The molecule has 142 valence electrons. The van der Waals surface area contributed by atoms with E-state index in [9.17, 15) is 9.90 Å². The zero-order valence-corrected chi connectivity index (χ0v) is 16.5. The van der Waals surface area contributed by atoms with Gasteiger partial charge in [-0.3, -0.25) is 0 Å². The molecule has 0 radical (unpaired) electrons. The van der Waals surface area contributed by atoms with E-state index >= 15 is 0 Å². The first kappa shape index (κ1) is 18.5. The van der Waals surface area contributed by atoms with Gasteiger partial charge in [-0.2, -0.15) is 9.78 Å². The molecular formula is C20H18N4O2S2. The van der Waals surface area contributed by atoms with Crippen molar-refractivity contribution in [3.05, 3.63) is 66.0 Å². The number of fused-ring (bicyclic) bond motifs is 2. The minimum absolute atomic E-state index is 0.514. The van der Waals surface area contributed by atoms with Crippen molar-refractivity contribution in [2.45, 2.75) is 12.2 Å². The fourth-order valence-electron chi connectivity index (χ4n) is 3.21. The number of hydrogen-bond donors (Lipinski definition) is 3. The highest BCUT2D eigenvalue weighted by Gasteiger charge is 2.14. The molecule has 28 heavy (non-hydrogen) atoms. The molecule has 4 rings (SSSR count). The van der Waals surface area contributed by atoms with Crippen LogP contribution in [0.3, 0.4) is 0 Å². The summed E-state index contributed by atoms with van der Waals surface area (Å²) in [5.41, 5.74) is 3.69. The van der Waals surface area contributed by atoms with Crippen molar-refractivity contribution < 1.29 is 9.90 Å². The third kappa shape index (κ3) is 3.74.